The van der Waals surface area contributed by atoms with Gasteiger partial charge in [0.25, 0.3) is 0 Å². The number of carboxylic acid groups (broad SMARTS) is 1. The van der Waals surface area contributed by atoms with Gasteiger partial charge in [0, 0.05) is 5.56 Å². The third-order valence-corrected chi connectivity index (χ3v) is 4.90. The molecule has 2 unspecified atom stereocenters. The molecule has 1 heterocycles. The Hall–Kier alpha value is -2.40. The molecular weight excluding hydrogens is 397 g/mol. The molecular formula is C21H26FNO7. The van der Waals surface area contributed by atoms with Crippen molar-refractivity contribution in [1.29, 1.82) is 0 Å². The van der Waals surface area contributed by atoms with E-state index in [1.54, 1.807) is 19.1 Å². The Morgan fingerprint density at radius 3 is 2.30 bits per heavy atom. The number of carboxylic acids is 1. The molecule has 0 aromatic heterocycles. The number of halogens is 1. The first-order valence-corrected chi connectivity index (χ1v) is 9.31. The summed E-state index contributed by atoms with van der Waals surface area (Å²) in [5.41, 5.74) is 7.00. The van der Waals surface area contributed by atoms with E-state index < -0.39 is 55.0 Å². The first-order chi connectivity index (χ1) is 14.2. The summed E-state index contributed by atoms with van der Waals surface area (Å²) in [4.78, 5) is 10.8. The molecule has 8 nitrogen and oxygen atoms in total. The smallest absolute Gasteiger partial charge is 0.310 e. The first kappa shape index (κ1) is 23.9. The average molecular weight is 423 g/mol. The Labute approximate surface area is 173 Å². The van der Waals surface area contributed by atoms with Crippen LogP contribution >= 0.6 is 0 Å². The van der Waals surface area contributed by atoms with Gasteiger partial charge in [0.15, 0.2) is 6.29 Å². The molecule has 0 amide bonds. The van der Waals surface area contributed by atoms with Crippen molar-refractivity contribution in [1.82, 2.24) is 0 Å². The van der Waals surface area contributed by atoms with Crippen LogP contribution in [0.4, 0.5) is 4.39 Å². The second-order valence-electron chi connectivity index (χ2n) is 6.97. The molecule has 0 aliphatic carbocycles. The minimum Gasteiger partial charge on any atom is -0.481 e. The van der Waals surface area contributed by atoms with Gasteiger partial charge in [0.05, 0.1) is 18.6 Å². The van der Waals surface area contributed by atoms with Gasteiger partial charge >= 0.3 is 5.97 Å². The lowest BCUT2D eigenvalue weighted by atomic mass is 9.97. The molecule has 7 N–H and O–H groups in total. The van der Waals surface area contributed by atoms with Gasteiger partial charge in [-0.2, -0.15) is 0 Å². The van der Waals surface area contributed by atoms with Crippen molar-refractivity contribution >= 4 is 5.97 Å². The summed E-state index contributed by atoms with van der Waals surface area (Å²) in [6.07, 6.45) is -4.85. The van der Waals surface area contributed by atoms with E-state index in [2.05, 4.69) is 0 Å². The number of ether oxygens (including phenoxy) is 1. The van der Waals surface area contributed by atoms with Crippen molar-refractivity contribution in [2.75, 3.05) is 6.61 Å². The summed E-state index contributed by atoms with van der Waals surface area (Å²) in [5, 5.41) is 45.0. The van der Waals surface area contributed by atoms with Gasteiger partial charge in [0.2, 0.25) is 0 Å². The molecule has 30 heavy (non-hydrogen) atoms. The Morgan fingerprint density at radius 1 is 1.13 bits per heavy atom. The summed E-state index contributed by atoms with van der Waals surface area (Å²) in [6.45, 7) is 1.07. The molecule has 9 heteroatoms. The SMILES string of the molecule is CC(C(=O)O)c1ccc(-c2ccccc2)c(F)c1.N[C@H]1C(O)O[C@H](CO)[C@@H](O)[C@@H]1O. The lowest BCUT2D eigenvalue weighted by Crippen LogP contribution is -2.61. The van der Waals surface area contributed by atoms with E-state index in [1.807, 2.05) is 30.3 Å². The van der Waals surface area contributed by atoms with Gasteiger partial charge in [-0.05, 0) is 24.1 Å². The van der Waals surface area contributed by atoms with Crippen molar-refractivity contribution in [3.63, 3.8) is 0 Å². The first-order valence-electron chi connectivity index (χ1n) is 9.31. The van der Waals surface area contributed by atoms with Crippen LogP contribution in [-0.4, -0.2) is 68.8 Å². The maximum Gasteiger partial charge on any atom is 0.310 e. The zero-order valence-electron chi connectivity index (χ0n) is 16.3. The molecule has 1 saturated heterocycles. The molecule has 0 bridgehead atoms. The summed E-state index contributed by atoms with van der Waals surface area (Å²) in [7, 11) is 0. The van der Waals surface area contributed by atoms with E-state index in [-0.39, 0.29) is 0 Å². The molecule has 164 valence electrons. The molecule has 0 radical (unpaired) electrons. The number of aliphatic hydroxyl groups is 4. The van der Waals surface area contributed by atoms with Crippen molar-refractivity contribution < 1.29 is 39.5 Å². The number of carbonyl (C=O) groups is 1. The van der Waals surface area contributed by atoms with Crippen LogP contribution in [0, 0.1) is 5.82 Å². The molecule has 0 saturated carbocycles. The van der Waals surface area contributed by atoms with Gasteiger partial charge in [-0.3, -0.25) is 4.79 Å². The third kappa shape index (κ3) is 5.60. The molecule has 2 aromatic carbocycles. The summed E-state index contributed by atoms with van der Waals surface area (Å²) < 4.78 is 18.7. The molecule has 1 aliphatic heterocycles. The number of aliphatic hydroxyl groups excluding tert-OH is 4. The molecule has 1 fully saturated rings. The second kappa shape index (κ2) is 10.6. The average Bonchev–Trinajstić information content (AvgIpc) is 2.75. The predicted octanol–water partition coefficient (Wildman–Crippen LogP) is 0.426. The van der Waals surface area contributed by atoms with E-state index in [1.165, 1.54) is 6.07 Å². The van der Waals surface area contributed by atoms with Crippen molar-refractivity contribution in [3.05, 3.63) is 59.9 Å². The van der Waals surface area contributed by atoms with Crippen molar-refractivity contribution in [2.45, 2.75) is 43.5 Å². The van der Waals surface area contributed by atoms with Gasteiger partial charge in [-0.1, -0.05) is 42.5 Å². The van der Waals surface area contributed by atoms with Crippen molar-refractivity contribution in [3.8, 4) is 11.1 Å². The van der Waals surface area contributed by atoms with Gasteiger partial charge in [0.1, 0.15) is 24.1 Å². The Bertz CT molecular complexity index is 831. The van der Waals surface area contributed by atoms with Gasteiger partial charge < -0.3 is 36.0 Å². The van der Waals surface area contributed by atoms with Crippen LogP contribution in [0.1, 0.15) is 18.4 Å². The minimum absolute atomic E-state index is 0.396. The zero-order valence-corrected chi connectivity index (χ0v) is 16.3. The van der Waals surface area contributed by atoms with Crippen LogP contribution in [0.15, 0.2) is 48.5 Å². The molecule has 0 spiro atoms. The summed E-state index contributed by atoms with van der Waals surface area (Å²) in [5.74, 6) is -2.06. The fourth-order valence-corrected chi connectivity index (χ4v) is 2.91. The van der Waals surface area contributed by atoms with Crippen molar-refractivity contribution in [2.24, 2.45) is 5.73 Å². The standard InChI is InChI=1S/C15H13FO2.C6H13NO5/c1-10(15(17)18)12-7-8-13(14(16)9-12)11-5-3-2-4-6-11;7-3-5(10)4(9)2(1-8)12-6(3)11/h2-10H,1H3,(H,17,18);2-6,8-11H,1,7H2/t;2-,3-,4-,5-,6?/m.1/s1. The highest BCUT2D eigenvalue weighted by molar-refractivity contribution is 5.76. The summed E-state index contributed by atoms with van der Waals surface area (Å²) in [6, 6.07) is 12.7. The van der Waals surface area contributed by atoms with Crippen LogP contribution in [-0.2, 0) is 9.53 Å². The lowest BCUT2D eigenvalue weighted by Gasteiger charge is -2.38. The van der Waals surface area contributed by atoms with E-state index >= 15 is 0 Å². The highest BCUT2D eigenvalue weighted by atomic mass is 19.1. The van der Waals surface area contributed by atoms with Gasteiger partial charge in [-0.25, -0.2) is 4.39 Å². The molecule has 6 atom stereocenters. The Kier molecular flexibility index (Phi) is 8.42. The minimum atomic E-state index is -1.35. The lowest BCUT2D eigenvalue weighted by molar-refractivity contribution is -0.248. The van der Waals surface area contributed by atoms with E-state index in [0.29, 0.717) is 11.1 Å². The monoisotopic (exact) mass is 423 g/mol. The fraction of sp³-hybridized carbons (Fsp3) is 0.381. The summed E-state index contributed by atoms with van der Waals surface area (Å²) >= 11 is 0. The number of aliphatic carboxylic acids is 1. The van der Waals surface area contributed by atoms with Crippen LogP contribution in [0.25, 0.3) is 11.1 Å². The van der Waals surface area contributed by atoms with Gasteiger partial charge in [-0.15, -0.1) is 0 Å². The van der Waals surface area contributed by atoms with Crippen LogP contribution in [0.5, 0.6) is 0 Å². The van der Waals surface area contributed by atoms with E-state index in [4.69, 9.17) is 25.8 Å². The third-order valence-electron chi connectivity index (χ3n) is 4.90. The molecule has 3 rings (SSSR count). The number of hydrogen-bond acceptors (Lipinski definition) is 7. The number of hydrogen-bond donors (Lipinski definition) is 6. The largest absolute Gasteiger partial charge is 0.481 e. The van der Waals surface area contributed by atoms with Crippen LogP contribution in [0.3, 0.4) is 0 Å². The quantitative estimate of drug-likeness (QED) is 0.414. The normalized spacial score (nSPS) is 27.0. The number of nitrogens with two attached hydrogens (primary N) is 1. The number of rotatable bonds is 4. The fourth-order valence-electron chi connectivity index (χ4n) is 2.91. The predicted molar refractivity (Wildman–Crippen MR) is 106 cm³/mol. The highest BCUT2D eigenvalue weighted by Gasteiger charge is 2.41. The van der Waals surface area contributed by atoms with Crippen LogP contribution in [0.2, 0.25) is 0 Å². The Morgan fingerprint density at radius 2 is 1.77 bits per heavy atom. The second-order valence-corrected chi connectivity index (χ2v) is 6.97. The van der Waals surface area contributed by atoms with Crippen LogP contribution < -0.4 is 5.73 Å². The molecule has 1 aliphatic rings. The Balaban J connectivity index is 0.000000232. The topological polar surface area (TPSA) is 153 Å². The molecule has 2 aromatic rings. The zero-order chi connectivity index (χ0) is 22.4. The maximum absolute atomic E-state index is 14.0. The number of benzene rings is 2. The van der Waals surface area contributed by atoms with E-state index in [0.717, 1.165) is 5.56 Å². The van der Waals surface area contributed by atoms with E-state index in [9.17, 15) is 19.4 Å². The maximum atomic E-state index is 14.0. The highest BCUT2D eigenvalue weighted by Crippen LogP contribution is 2.26.